The van der Waals surface area contributed by atoms with E-state index < -0.39 is 0 Å². The molecule has 5 rings (SSSR count). The maximum absolute atomic E-state index is 13.6. The maximum Gasteiger partial charge on any atom is 0.254 e. The second kappa shape index (κ2) is 6.89. The number of hydrogen-bond donors (Lipinski definition) is 1. The molecule has 3 aromatic carbocycles. The quantitative estimate of drug-likeness (QED) is 0.493. The van der Waals surface area contributed by atoms with E-state index in [0.717, 1.165) is 28.8 Å². The molecule has 0 aliphatic carbocycles. The van der Waals surface area contributed by atoms with Crippen LogP contribution in [-0.4, -0.2) is 22.3 Å². The Morgan fingerprint density at radius 3 is 2.48 bits per heavy atom. The van der Waals surface area contributed by atoms with Crippen LogP contribution in [0.2, 0.25) is 0 Å². The predicted octanol–water partition coefficient (Wildman–Crippen LogP) is 5.40. The Hall–Kier alpha value is -3.40. The van der Waals surface area contributed by atoms with Crippen LogP contribution in [0.4, 0.5) is 4.39 Å². The van der Waals surface area contributed by atoms with Gasteiger partial charge in [0.2, 0.25) is 0 Å². The fourth-order valence-electron chi connectivity index (χ4n) is 4.31. The molecule has 0 bridgehead atoms. The van der Waals surface area contributed by atoms with Gasteiger partial charge >= 0.3 is 0 Å². The summed E-state index contributed by atoms with van der Waals surface area (Å²) in [5.41, 5.74) is 6.01. The van der Waals surface area contributed by atoms with Crippen LogP contribution in [0.5, 0.6) is 0 Å². The molecule has 0 unspecified atom stereocenters. The Balaban J connectivity index is 1.65. The van der Waals surface area contributed by atoms with Crippen LogP contribution < -0.4 is 0 Å². The second-order valence-corrected chi connectivity index (χ2v) is 7.63. The number of hydrogen-bond acceptors (Lipinski definition) is 1. The van der Waals surface area contributed by atoms with E-state index in [2.05, 4.69) is 17.1 Å². The van der Waals surface area contributed by atoms with E-state index in [-0.39, 0.29) is 17.8 Å². The smallest absolute Gasteiger partial charge is 0.254 e. The third-order valence-electron chi connectivity index (χ3n) is 5.78. The first-order valence-corrected chi connectivity index (χ1v) is 9.84. The number of nitrogens with zero attached hydrogens (tertiary/aromatic N) is 1. The highest BCUT2D eigenvalue weighted by Crippen LogP contribution is 2.39. The highest BCUT2D eigenvalue weighted by Gasteiger charge is 2.34. The fourth-order valence-corrected chi connectivity index (χ4v) is 4.31. The van der Waals surface area contributed by atoms with Crippen molar-refractivity contribution in [2.45, 2.75) is 19.4 Å². The van der Waals surface area contributed by atoms with Gasteiger partial charge in [-0.3, -0.25) is 4.79 Å². The molecule has 1 aliphatic rings. The summed E-state index contributed by atoms with van der Waals surface area (Å²) in [6.07, 6.45) is 0.786. The summed E-state index contributed by atoms with van der Waals surface area (Å²) in [5, 5.41) is 1.19. The molecule has 1 aromatic heterocycles. The molecule has 4 heteroatoms. The number of H-pyrrole nitrogens is 1. The molecule has 0 saturated carbocycles. The molecular weight excluding hydrogens is 363 g/mol. The summed E-state index contributed by atoms with van der Waals surface area (Å²) >= 11 is 0. The maximum atomic E-state index is 13.6. The van der Waals surface area contributed by atoms with Crippen molar-refractivity contribution in [2.24, 2.45) is 0 Å². The number of aromatic nitrogens is 1. The zero-order valence-electron chi connectivity index (χ0n) is 16.2. The lowest BCUT2D eigenvalue weighted by molar-refractivity contribution is 0.0692. The van der Waals surface area contributed by atoms with Crippen molar-refractivity contribution in [3.8, 4) is 0 Å². The summed E-state index contributed by atoms with van der Waals surface area (Å²) in [7, 11) is 0. The summed E-state index contributed by atoms with van der Waals surface area (Å²) in [5.74, 6) is -0.290. The van der Waals surface area contributed by atoms with Crippen molar-refractivity contribution >= 4 is 16.8 Å². The van der Waals surface area contributed by atoms with Crippen LogP contribution in [0, 0.1) is 12.7 Å². The van der Waals surface area contributed by atoms with Gasteiger partial charge in [0.05, 0.1) is 6.04 Å². The van der Waals surface area contributed by atoms with Crippen LogP contribution in [0.3, 0.4) is 0 Å². The standard InChI is InChI=1S/C25H21FN2O/c1-16-6-8-18(9-7-16)25(29)28-15-14-21-20-4-2-3-5-22(20)27-23(21)24(28)17-10-12-19(26)13-11-17/h2-13,24,27H,14-15H2,1H3/t24-/m1/s1. The number of aryl methyl sites for hydroxylation is 1. The number of carbonyl (C=O) groups excluding carboxylic acids is 1. The third kappa shape index (κ3) is 3.01. The molecule has 1 N–H and O–H groups in total. The molecule has 144 valence electrons. The summed E-state index contributed by atoms with van der Waals surface area (Å²) in [6, 6.07) is 22.1. The lowest BCUT2D eigenvalue weighted by Crippen LogP contribution is -2.40. The molecule has 2 heterocycles. The van der Waals surface area contributed by atoms with Gasteiger partial charge in [0, 0.05) is 28.7 Å². The second-order valence-electron chi connectivity index (χ2n) is 7.63. The predicted molar refractivity (Wildman–Crippen MR) is 112 cm³/mol. The SMILES string of the molecule is Cc1ccc(C(=O)N2CCc3c([nH]c4ccccc34)[C@H]2c2ccc(F)cc2)cc1. The fraction of sp³-hybridized carbons (Fsp3) is 0.160. The number of para-hydroxylation sites is 1. The van der Waals surface area contributed by atoms with Gasteiger partial charge in [-0.25, -0.2) is 4.39 Å². The van der Waals surface area contributed by atoms with Gasteiger partial charge in [0.25, 0.3) is 5.91 Å². The van der Waals surface area contributed by atoms with Gasteiger partial charge in [-0.1, -0.05) is 48.0 Å². The largest absolute Gasteiger partial charge is 0.356 e. The average molecular weight is 384 g/mol. The first-order chi connectivity index (χ1) is 14.1. The Kier molecular flexibility index (Phi) is 4.20. The van der Waals surface area contributed by atoms with E-state index in [1.807, 2.05) is 48.2 Å². The molecule has 1 amide bonds. The Bertz CT molecular complexity index is 1190. The molecular formula is C25H21FN2O. The van der Waals surface area contributed by atoms with Crippen molar-refractivity contribution in [3.63, 3.8) is 0 Å². The zero-order chi connectivity index (χ0) is 20.0. The highest BCUT2D eigenvalue weighted by atomic mass is 19.1. The molecule has 0 fully saturated rings. The van der Waals surface area contributed by atoms with Crippen LogP contribution in [0.1, 0.15) is 38.8 Å². The summed E-state index contributed by atoms with van der Waals surface area (Å²) < 4.78 is 13.6. The molecule has 4 aromatic rings. The van der Waals surface area contributed by atoms with Gasteiger partial charge in [0.15, 0.2) is 0 Å². The highest BCUT2D eigenvalue weighted by molar-refractivity contribution is 5.95. The van der Waals surface area contributed by atoms with Gasteiger partial charge < -0.3 is 9.88 Å². The minimum Gasteiger partial charge on any atom is -0.356 e. The number of carbonyl (C=O) groups is 1. The molecule has 0 saturated heterocycles. The van der Waals surface area contributed by atoms with E-state index >= 15 is 0 Å². The van der Waals surface area contributed by atoms with Crippen LogP contribution >= 0.6 is 0 Å². The topological polar surface area (TPSA) is 36.1 Å². The van der Waals surface area contributed by atoms with Gasteiger partial charge in [-0.2, -0.15) is 0 Å². The van der Waals surface area contributed by atoms with Crippen LogP contribution in [0.25, 0.3) is 10.9 Å². The van der Waals surface area contributed by atoms with Gasteiger partial charge in [-0.15, -0.1) is 0 Å². The van der Waals surface area contributed by atoms with Crippen molar-refractivity contribution in [3.05, 3.63) is 107 Å². The molecule has 3 nitrogen and oxygen atoms in total. The number of aromatic amines is 1. The summed E-state index contributed by atoms with van der Waals surface area (Å²) in [4.78, 5) is 18.9. The van der Waals surface area contributed by atoms with Crippen LogP contribution in [0.15, 0.2) is 72.8 Å². The number of fused-ring (bicyclic) bond motifs is 3. The number of nitrogens with one attached hydrogen (secondary N) is 1. The molecule has 1 atom stereocenters. The number of amides is 1. The Morgan fingerprint density at radius 2 is 1.72 bits per heavy atom. The molecule has 0 spiro atoms. The zero-order valence-corrected chi connectivity index (χ0v) is 16.2. The number of halogens is 1. The van der Waals surface area contributed by atoms with Crippen molar-refractivity contribution in [2.75, 3.05) is 6.54 Å². The lowest BCUT2D eigenvalue weighted by atomic mass is 9.91. The molecule has 1 aliphatic heterocycles. The molecule has 0 radical (unpaired) electrons. The first kappa shape index (κ1) is 17.7. The van der Waals surface area contributed by atoms with Gasteiger partial charge in [0.1, 0.15) is 5.82 Å². The van der Waals surface area contributed by atoms with E-state index in [4.69, 9.17) is 0 Å². The van der Waals surface area contributed by atoms with Crippen molar-refractivity contribution < 1.29 is 9.18 Å². The Morgan fingerprint density at radius 1 is 1.00 bits per heavy atom. The van der Waals surface area contributed by atoms with E-state index in [1.165, 1.54) is 23.1 Å². The third-order valence-corrected chi connectivity index (χ3v) is 5.78. The van der Waals surface area contributed by atoms with E-state index in [9.17, 15) is 9.18 Å². The van der Waals surface area contributed by atoms with Crippen molar-refractivity contribution in [1.29, 1.82) is 0 Å². The number of benzene rings is 3. The number of rotatable bonds is 2. The van der Waals surface area contributed by atoms with E-state index in [1.54, 1.807) is 12.1 Å². The lowest BCUT2D eigenvalue weighted by Gasteiger charge is -2.36. The minimum absolute atomic E-state index is 0.0105. The minimum atomic E-state index is -0.280. The van der Waals surface area contributed by atoms with Crippen LogP contribution in [-0.2, 0) is 6.42 Å². The van der Waals surface area contributed by atoms with Crippen molar-refractivity contribution in [1.82, 2.24) is 9.88 Å². The average Bonchev–Trinajstić information content (AvgIpc) is 3.12. The normalized spacial score (nSPS) is 16.1. The van der Waals surface area contributed by atoms with E-state index in [0.29, 0.717) is 12.1 Å². The first-order valence-electron chi connectivity index (χ1n) is 9.84. The Labute approximate surface area is 168 Å². The van der Waals surface area contributed by atoms with Gasteiger partial charge in [-0.05, 0) is 54.8 Å². The molecule has 29 heavy (non-hydrogen) atoms. The summed E-state index contributed by atoms with van der Waals surface area (Å²) in [6.45, 7) is 2.62. The monoisotopic (exact) mass is 384 g/mol.